The van der Waals surface area contributed by atoms with Gasteiger partial charge in [-0.05, 0) is 13.8 Å². The van der Waals surface area contributed by atoms with Gasteiger partial charge in [-0.1, -0.05) is 6.92 Å². The zero-order chi connectivity index (χ0) is 6.73. The Morgan fingerprint density at radius 3 is 1.62 bits per heavy atom. The molecular formula is C6H13O2. The Balaban J connectivity index is 3.46. The highest BCUT2D eigenvalue weighted by Crippen LogP contribution is 2.05. The Bertz CT molecular complexity index is 51.5. The van der Waals surface area contributed by atoms with Crippen LogP contribution in [-0.4, -0.2) is 22.4 Å². The molecule has 3 atom stereocenters. The molecule has 0 rings (SSSR count). The molecule has 2 heteroatoms. The van der Waals surface area contributed by atoms with Gasteiger partial charge >= 0.3 is 0 Å². The van der Waals surface area contributed by atoms with E-state index in [4.69, 9.17) is 10.2 Å². The molecule has 8 heavy (non-hydrogen) atoms. The van der Waals surface area contributed by atoms with E-state index >= 15 is 0 Å². The van der Waals surface area contributed by atoms with E-state index in [0.717, 1.165) is 0 Å². The van der Waals surface area contributed by atoms with Gasteiger partial charge in [0.1, 0.15) is 0 Å². The zero-order valence-electron chi connectivity index (χ0n) is 5.33. The van der Waals surface area contributed by atoms with E-state index in [1.807, 2.05) is 0 Å². The van der Waals surface area contributed by atoms with Crippen LogP contribution in [0, 0.1) is 12.8 Å². The van der Waals surface area contributed by atoms with Gasteiger partial charge < -0.3 is 10.2 Å². The molecule has 0 bridgehead atoms. The SMILES string of the molecule is [CH2]C(O)C(C)C(C)O. The highest BCUT2D eigenvalue weighted by atomic mass is 16.3. The lowest BCUT2D eigenvalue weighted by molar-refractivity contribution is 0.0552. The maximum atomic E-state index is 8.79. The van der Waals surface area contributed by atoms with E-state index in [-0.39, 0.29) is 5.92 Å². The highest BCUT2D eigenvalue weighted by molar-refractivity contribution is 4.69. The van der Waals surface area contributed by atoms with Gasteiger partial charge in [0.25, 0.3) is 0 Å². The van der Waals surface area contributed by atoms with Crippen LogP contribution in [0.15, 0.2) is 0 Å². The van der Waals surface area contributed by atoms with Crippen molar-refractivity contribution in [3.8, 4) is 0 Å². The second kappa shape index (κ2) is 3.05. The Morgan fingerprint density at radius 2 is 1.62 bits per heavy atom. The van der Waals surface area contributed by atoms with Gasteiger partial charge in [0.15, 0.2) is 0 Å². The molecular weight excluding hydrogens is 104 g/mol. The summed E-state index contributed by atoms with van der Waals surface area (Å²) in [5.74, 6) is -0.130. The molecule has 0 spiro atoms. The van der Waals surface area contributed by atoms with E-state index in [9.17, 15) is 0 Å². The van der Waals surface area contributed by atoms with Crippen LogP contribution in [0.1, 0.15) is 13.8 Å². The van der Waals surface area contributed by atoms with Gasteiger partial charge in [0.2, 0.25) is 0 Å². The molecule has 0 fully saturated rings. The molecule has 0 aromatic heterocycles. The minimum atomic E-state index is -0.657. The van der Waals surface area contributed by atoms with Crippen LogP contribution >= 0.6 is 0 Å². The summed E-state index contributed by atoms with van der Waals surface area (Å²) in [5, 5.41) is 17.5. The number of aliphatic hydroxyl groups excluding tert-OH is 2. The Kier molecular flexibility index (Phi) is 3.02. The first-order valence-corrected chi connectivity index (χ1v) is 2.75. The highest BCUT2D eigenvalue weighted by Gasteiger charge is 2.13. The molecule has 1 radical (unpaired) electrons. The van der Waals surface area contributed by atoms with Crippen LogP contribution in [0.5, 0.6) is 0 Å². The first-order valence-electron chi connectivity index (χ1n) is 2.75. The van der Waals surface area contributed by atoms with E-state index in [0.29, 0.717) is 0 Å². The largest absolute Gasteiger partial charge is 0.393 e. The van der Waals surface area contributed by atoms with Crippen LogP contribution in [0.3, 0.4) is 0 Å². The third-order valence-corrected chi connectivity index (χ3v) is 1.37. The predicted molar refractivity (Wildman–Crippen MR) is 32.2 cm³/mol. The number of hydrogen-bond donors (Lipinski definition) is 2. The average Bonchev–Trinajstić information content (AvgIpc) is 1.64. The molecule has 0 aromatic carbocycles. The molecule has 0 aliphatic rings. The van der Waals surface area contributed by atoms with E-state index in [1.54, 1.807) is 13.8 Å². The van der Waals surface area contributed by atoms with Gasteiger partial charge in [-0.25, -0.2) is 0 Å². The number of rotatable bonds is 2. The standard InChI is InChI=1S/C6H13O2/c1-4(5(2)7)6(3)8/h4-8H,2H2,1,3H3. The van der Waals surface area contributed by atoms with Gasteiger partial charge in [0.05, 0.1) is 12.2 Å². The summed E-state index contributed by atoms with van der Waals surface area (Å²) in [6.45, 7) is 6.75. The Hall–Kier alpha value is -0.0800. The molecule has 3 unspecified atom stereocenters. The van der Waals surface area contributed by atoms with Crippen molar-refractivity contribution in [1.29, 1.82) is 0 Å². The summed E-state index contributed by atoms with van der Waals surface area (Å²) in [7, 11) is 0. The smallest absolute Gasteiger partial charge is 0.0591 e. The fraction of sp³-hybridized carbons (Fsp3) is 0.833. The molecule has 49 valence electrons. The van der Waals surface area contributed by atoms with Crippen LogP contribution in [-0.2, 0) is 0 Å². The van der Waals surface area contributed by atoms with Crippen molar-refractivity contribution in [3.05, 3.63) is 6.92 Å². The fourth-order valence-corrected chi connectivity index (χ4v) is 0.321. The van der Waals surface area contributed by atoms with Crippen LogP contribution in [0.25, 0.3) is 0 Å². The molecule has 0 heterocycles. The molecule has 2 nitrogen and oxygen atoms in total. The van der Waals surface area contributed by atoms with E-state index in [2.05, 4.69) is 6.92 Å². The van der Waals surface area contributed by atoms with Crippen molar-refractivity contribution >= 4 is 0 Å². The zero-order valence-corrected chi connectivity index (χ0v) is 5.33. The first kappa shape index (κ1) is 7.92. The first-order chi connectivity index (χ1) is 3.55. The monoisotopic (exact) mass is 117 g/mol. The van der Waals surface area contributed by atoms with E-state index in [1.165, 1.54) is 0 Å². The lowest BCUT2D eigenvalue weighted by Gasteiger charge is -2.16. The normalized spacial score (nSPS) is 22.1. The summed E-state index contributed by atoms with van der Waals surface area (Å²) in [4.78, 5) is 0. The van der Waals surface area contributed by atoms with Crippen molar-refractivity contribution in [1.82, 2.24) is 0 Å². The van der Waals surface area contributed by atoms with Gasteiger partial charge in [-0.3, -0.25) is 0 Å². The average molecular weight is 117 g/mol. The summed E-state index contributed by atoms with van der Waals surface area (Å²) in [6.07, 6.45) is -1.13. The Labute approximate surface area is 50.2 Å². The maximum Gasteiger partial charge on any atom is 0.0591 e. The minimum Gasteiger partial charge on any atom is -0.393 e. The van der Waals surface area contributed by atoms with Gasteiger partial charge in [0, 0.05) is 5.92 Å². The van der Waals surface area contributed by atoms with Crippen molar-refractivity contribution < 1.29 is 10.2 Å². The topological polar surface area (TPSA) is 40.5 Å². The van der Waals surface area contributed by atoms with Crippen LogP contribution in [0.2, 0.25) is 0 Å². The third kappa shape index (κ3) is 2.28. The summed E-state index contributed by atoms with van der Waals surface area (Å²) >= 11 is 0. The van der Waals surface area contributed by atoms with Crippen molar-refractivity contribution in [2.24, 2.45) is 5.92 Å². The quantitative estimate of drug-likeness (QED) is 0.542. The molecule has 2 N–H and O–H groups in total. The Morgan fingerprint density at radius 1 is 1.25 bits per heavy atom. The second-order valence-corrected chi connectivity index (χ2v) is 2.17. The van der Waals surface area contributed by atoms with Gasteiger partial charge in [-0.2, -0.15) is 0 Å². The van der Waals surface area contributed by atoms with E-state index < -0.39 is 12.2 Å². The molecule has 0 aromatic rings. The van der Waals surface area contributed by atoms with Crippen LogP contribution in [0.4, 0.5) is 0 Å². The van der Waals surface area contributed by atoms with Crippen molar-refractivity contribution in [2.45, 2.75) is 26.1 Å². The predicted octanol–water partition coefficient (Wildman–Crippen LogP) is 0.198. The minimum absolute atomic E-state index is 0.130. The summed E-state index contributed by atoms with van der Waals surface area (Å²) < 4.78 is 0. The fourth-order valence-electron chi connectivity index (χ4n) is 0.321. The molecule has 0 aliphatic carbocycles. The molecule has 0 amide bonds. The van der Waals surface area contributed by atoms with Crippen molar-refractivity contribution in [3.63, 3.8) is 0 Å². The lowest BCUT2D eigenvalue weighted by Crippen LogP contribution is -2.24. The number of aliphatic hydroxyl groups is 2. The molecule has 0 aliphatic heterocycles. The molecule has 0 saturated carbocycles. The van der Waals surface area contributed by atoms with Crippen molar-refractivity contribution in [2.75, 3.05) is 0 Å². The summed E-state index contributed by atoms with van der Waals surface area (Å²) in [5.41, 5.74) is 0. The molecule has 0 saturated heterocycles. The maximum absolute atomic E-state index is 8.79. The summed E-state index contributed by atoms with van der Waals surface area (Å²) in [6, 6.07) is 0. The van der Waals surface area contributed by atoms with Crippen LogP contribution < -0.4 is 0 Å². The number of hydrogen-bond acceptors (Lipinski definition) is 2. The van der Waals surface area contributed by atoms with Gasteiger partial charge in [-0.15, -0.1) is 0 Å². The lowest BCUT2D eigenvalue weighted by atomic mass is 10.0. The third-order valence-electron chi connectivity index (χ3n) is 1.37. The second-order valence-electron chi connectivity index (χ2n) is 2.17.